The molecule has 3 rings (SSSR count). The van der Waals surface area contributed by atoms with Gasteiger partial charge in [0.15, 0.2) is 0 Å². The van der Waals surface area contributed by atoms with Crippen LogP contribution in [0.1, 0.15) is 37.4 Å². The molecule has 0 unspecified atom stereocenters. The standard InChI is InChI=1S/C24H22N2O4/c1-16-8-11-18(12-9-16)24(28)30-21-7-5-4-6-19(21)15-25-26-23(27)20-13-10-17(2)14-22(20)29-3/h4-15H,1-3H3,(H,26,27)/b25-15-. The number of carbonyl (C=O) groups excluding carboxylic acids is 2. The van der Waals surface area contributed by atoms with E-state index in [4.69, 9.17) is 9.47 Å². The van der Waals surface area contributed by atoms with Crippen molar-refractivity contribution in [3.8, 4) is 11.5 Å². The van der Waals surface area contributed by atoms with Crippen LogP contribution in [0.5, 0.6) is 11.5 Å². The van der Waals surface area contributed by atoms with Crippen molar-refractivity contribution < 1.29 is 19.1 Å². The Labute approximate surface area is 175 Å². The lowest BCUT2D eigenvalue weighted by atomic mass is 10.1. The molecule has 0 aliphatic heterocycles. The molecule has 0 aromatic heterocycles. The number of hydrogen-bond donors (Lipinski definition) is 1. The number of methoxy groups -OCH3 is 1. The number of esters is 1. The first-order valence-corrected chi connectivity index (χ1v) is 9.34. The van der Waals surface area contributed by atoms with Crippen molar-refractivity contribution in [2.45, 2.75) is 13.8 Å². The number of hydrogen-bond acceptors (Lipinski definition) is 5. The summed E-state index contributed by atoms with van der Waals surface area (Å²) in [7, 11) is 1.51. The third-order valence-corrected chi connectivity index (χ3v) is 4.38. The minimum absolute atomic E-state index is 0.342. The summed E-state index contributed by atoms with van der Waals surface area (Å²) in [4.78, 5) is 24.8. The number of benzene rings is 3. The fraction of sp³-hybridized carbons (Fsp3) is 0.125. The average Bonchev–Trinajstić information content (AvgIpc) is 2.75. The Morgan fingerprint density at radius 1 is 0.900 bits per heavy atom. The van der Waals surface area contributed by atoms with Crippen LogP contribution in [0.3, 0.4) is 0 Å². The second-order valence-electron chi connectivity index (χ2n) is 6.70. The van der Waals surface area contributed by atoms with Gasteiger partial charge in [-0.2, -0.15) is 5.10 Å². The van der Waals surface area contributed by atoms with Crippen LogP contribution in [-0.2, 0) is 0 Å². The smallest absolute Gasteiger partial charge is 0.343 e. The van der Waals surface area contributed by atoms with Gasteiger partial charge in [0, 0.05) is 5.56 Å². The van der Waals surface area contributed by atoms with E-state index in [9.17, 15) is 9.59 Å². The van der Waals surface area contributed by atoms with Gasteiger partial charge in [0.25, 0.3) is 5.91 Å². The Balaban J connectivity index is 1.71. The van der Waals surface area contributed by atoms with E-state index >= 15 is 0 Å². The number of aryl methyl sites for hydroxylation is 2. The normalized spacial score (nSPS) is 10.6. The predicted octanol–water partition coefficient (Wildman–Crippen LogP) is 4.30. The zero-order chi connectivity index (χ0) is 21.5. The van der Waals surface area contributed by atoms with Gasteiger partial charge in [-0.15, -0.1) is 0 Å². The van der Waals surface area contributed by atoms with E-state index in [1.165, 1.54) is 13.3 Å². The summed E-state index contributed by atoms with van der Waals surface area (Å²) in [5.41, 5.74) is 5.88. The van der Waals surface area contributed by atoms with Crippen LogP contribution in [-0.4, -0.2) is 25.2 Å². The van der Waals surface area contributed by atoms with Crippen LogP contribution in [0.25, 0.3) is 0 Å². The molecule has 0 aliphatic rings. The highest BCUT2D eigenvalue weighted by molar-refractivity contribution is 5.98. The first kappa shape index (κ1) is 20.8. The topological polar surface area (TPSA) is 77.0 Å². The zero-order valence-electron chi connectivity index (χ0n) is 17.0. The molecule has 1 amide bonds. The molecule has 1 N–H and O–H groups in total. The minimum atomic E-state index is -0.468. The van der Waals surface area contributed by atoms with Crippen molar-refractivity contribution in [2.24, 2.45) is 5.10 Å². The summed E-state index contributed by atoms with van der Waals surface area (Å²) in [6.45, 7) is 3.86. The average molecular weight is 402 g/mol. The highest BCUT2D eigenvalue weighted by Crippen LogP contribution is 2.20. The van der Waals surface area contributed by atoms with Crippen molar-refractivity contribution in [1.82, 2.24) is 5.43 Å². The van der Waals surface area contributed by atoms with Gasteiger partial charge in [-0.05, 0) is 55.8 Å². The molecular formula is C24H22N2O4. The second-order valence-corrected chi connectivity index (χ2v) is 6.70. The van der Waals surface area contributed by atoms with Crippen LogP contribution in [0.2, 0.25) is 0 Å². The Morgan fingerprint density at radius 3 is 2.33 bits per heavy atom. The third kappa shape index (κ3) is 5.11. The summed E-state index contributed by atoms with van der Waals surface area (Å²) in [6.07, 6.45) is 1.43. The van der Waals surface area contributed by atoms with E-state index in [1.807, 2.05) is 32.0 Å². The molecule has 3 aromatic rings. The molecule has 0 saturated heterocycles. The number of carbonyl (C=O) groups is 2. The van der Waals surface area contributed by atoms with E-state index in [0.717, 1.165) is 11.1 Å². The van der Waals surface area contributed by atoms with Crippen LogP contribution >= 0.6 is 0 Å². The molecular weight excluding hydrogens is 380 g/mol. The first-order valence-electron chi connectivity index (χ1n) is 9.34. The molecule has 30 heavy (non-hydrogen) atoms. The van der Waals surface area contributed by atoms with Crippen molar-refractivity contribution in [1.29, 1.82) is 0 Å². The number of ether oxygens (including phenoxy) is 2. The molecule has 0 saturated carbocycles. The van der Waals surface area contributed by atoms with Crippen LogP contribution < -0.4 is 14.9 Å². The van der Waals surface area contributed by atoms with E-state index in [1.54, 1.807) is 48.5 Å². The number of nitrogens with one attached hydrogen (secondary N) is 1. The molecule has 152 valence electrons. The van der Waals surface area contributed by atoms with E-state index in [2.05, 4.69) is 10.5 Å². The molecule has 0 atom stereocenters. The van der Waals surface area contributed by atoms with Gasteiger partial charge in [0.05, 0.1) is 24.5 Å². The molecule has 0 radical (unpaired) electrons. The molecule has 3 aromatic carbocycles. The van der Waals surface area contributed by atoms with Crippen LogP contribution in [0.15, 0.2) is 71.8 Å². The SMILES string of the molecule is COc1cc(C)ccc1C(=O)N/N=C\c1ccccc1OC(=O)c1ccc(C)cc1. The molecule has 0 spiro atoms. The van der Waals surface area contributed by atoms with Gasteiger partial charge in [-0.3, -0.25) is 4.79 Å². The highest BCUT2D eigenvalue weighted by Gasteiger charge is 2.13. The van der Waals surface area contributed by atoms with Gasteiger partial charge in [-0.25, -0.2) is 10.2 Å². The van der Waals surface area contributed by atoms with Gasteiger partial charge in [-0.1, -0.05) is 35.9 Å². The maximum atomic E-state index is 12.4. The second kappa shape index (κ2) is 9.52. The molecule has 6 heteroatoms. The van der Waals surface area contributed by atoms with E-state index < -0.39 is 11.9 Å². The van der Waals surface area contributed by atoms with Crippen LogP contribution in [0, 0.1) is 13.8 Å². The summed E-state index contributed by atoms with van der Waals surface area (Å²) >= 11 is 0. The highest BCUT2D eigenvalue weighted by atomic mass is 16.5. The minimum Gasteiger partial charge on any atom is -0.496 e. The Bertz CT molecular complexity index is 1090. The summed E-state index contributed by atoms with van der Waals surface area (Å²) in [5.74, 6) is -0.0642. The molecule has 0 bridgehead atoms. The van der Waals surface area contributed by atoms with Crippen molar-refractivity contribution in [3.05, 3.63) is 94.5 Å². The first-order chi connectivity index (χ1) is 14.5. The van der Waals surface area contributed by atoms with Gasteiger partial charge in [0.2, 0.25) is 0 Å². The number of amides is 1. The molecule has 0 aliphatic carbocycles. The lowest BCUT2D eigenvalue weighted by Gasteiger charge is -2.09. The zero-order valence-corrected chi connectivity index (χ0v) is 17.0. The summed E-state index contributed by atoms with van der Waals surface area (Å²) in [6, 6.07) is 19.3. The van der Waals surface area contributed by atoms with E-state index in [-0.39, 0.29) is 0 Å². The largest absolute Gasteiger partial charge is 0.496 e. The number of hydrazone groups is 1. The fourth-order valence-electron chi connectivity index (χ4n) is 2.74. The third-order valence-electron chi connectivity index (χ3n) is 4.38. The Morgan fingerprint density at radius 2 is 1.60 bits per heavy atom. The van der Waals surface area contributed by atoms with E-state index in [0.29, 0.717) is 28.2 Å². The summed E-state index contributed by atoms with van der Waals surface area (Å²) < 4.78 is 10.8. The Hall–Kier alpha value is -3.93. The summed E-state index contributed by atoms with van der Waals surface area (Å²) in [5, 5.41) is 4.00. The van der Waals surface area contributed by atoms with Gasteiger partial charge < -0.3 is 9.47 Å². The maximum absolute atomic E-state index is 12.4. The Kier molecular flexibility index (Phi) is 6.60. The van der Waals surface area contributed by atoms with Crippen LogP contribution in [0.4, 0.5) is 0 Å². The monoisotopic (exact) mass is 402 g/mol. The quantitative estimate of drug-likeness (QED) is 0.289. The number of rotatable bonds is 6. The lowest BCUT2D eigenvalue weighted by molar-refractivity contribution is 0.0734. The maximum Gasteiger partial charge on any atom is 0.343 e. The van der Waals surface area contributed by atoms with Gasteiger partial charge in [0.1, 0.15) is 11.5 Å². The molecule has 0 heterocycles. The predicted molar refractivity (Wildman–Crippen MR) is 115 cm³/mol. The fourth-order valence-corrected chi connectivity index (χ4v) is 2.74. The van der Waals surface area contributed by atoms with Crippen molar-refractivity contribution in [2.75, 3.05) is 7.11 Å². The van der Waals surface area contributed by atoms with Crippen molar-refractivity contribution in [3.63, 3.8) is 0 Å². The lowest BCUT2D eigenvalue weighted by Crippen LogP contribution is -2.18. The number of nitrogens with zero attached hydrogens (tertiary/aromatic N) is 1. The van der Waals surface area contributed by atoms with Gasteiger partial charge >= 0.3 is 5.97 Å². The van der Waals surface area contributed by atoms with Crippen molar-refractivity contribution >= 4 is 18.1 Å². The molecule has 6 nitrogen and oxygen atoms in total. The number of para-hydroxylation sites is 1. The molecule has 0 fully saturated rings.